The summed E-state index contributed by atoms with van der Waals surface area (Å²) in [5.74, 6) is 0.351. The van der Waals surface area contributed by atoms with E-state index in [4.69, 9.17) is 0 Å². The Hall–Kier alpha value is -1.41. The van der Waals surface area contributed by atoms with E-state index in [2.05, 4.69) is 5.10 Å². The summed E-state index contributed by atoms with van der Waals surface area (Å²) in [6.07, 6.45) is 3.55. The summed E-state index contributed by atoms with van der Waals surface area (Å²) in [4.78, 5) is 14.7. The molecule has 0 N–H and O–H groups in total. The minimum atomic E-state index is -3.21. The third-order valence-corrected chi connectivity index (χ3v) is 6.99. The lowest BCUT2D eigenvalue weighted by Crippen LogP contribution is -2.47. The van der Waals surface area contributed by atoms with Gasteiger partial charge < -0.3 is 4.90 Å². The van der Waals surface area contributed by atoms with E-state index in [-0.39, 0.29) is 17.9 Å². The third-order valence-electron chi connectivity index (χ3n) is 5.75. The molecule has 1 aromatic heterocycles. The fourth-order valence-corrected chi connectivity index (χ4v) is 4.89. The Morgan fingerprint density at radius 3 is 2.48 bits per heavy atom. The lowest BCUT2D eigenvalue weighted by Gasteiger charge is -2.36. The molecule has 8 heteroatoms. The average molecular weight is 369 g/mol. The number of aryl methyl sites for hydroxylation is 2. The van der Waals surface area contributed by atoms with Crippen LogP contribution in [0.3, 0.4) is 0 Å². The number of nitrogens with zero attached hydrogens (tertiary/aromatic N) is 4. The SMILES string of the molecule is Cc1nn(CCC(=O)N2C[C@@H]3CC[C@H]2CN(S(C)(=O)=O)C3)c(C)c1C. The van der Waals surface area contributed by atoms with Gasteiger partial charge in [0.1, 0.15) is 0 Å². The molecular formula is C17H28N4O3S. The van der Waals surface area contributed by atoms with Gasteiger partial charge in [0.15, 0.2) is 0 Å². The summed E-state index contributed by atoms with van der Waals surface area (Å²) in [5.41, 5.74) is 3.28. The Morgan fingerprint density at radius 2 is 1.88 bits per heavy atom. The van der Waals surface area contributed by atoms with Crippen LogP contribution < -0.4 is 0 Å². The van der Waals surface area contributed by atoms with Gasteiger partial charge in [0.05, 0.1) is 11.9 Å². The number of aromatic nitrogens is 2. The number of fused-ring (bicyclic) bond motifs is 4. The van der Waals surface area contributed by atoms with Gasteiger partial charge in [-0.05, 0) is 45.1 Å². The molecule has 3 saturated heterocycles. The van der Waals surface area contributed by atoms with Gasteiger partial charge in [0.25, 0.3) is 0 Å². The zero-order chi connectivity index (χ0) is 18.4. The maximum atomic E-state index is 12.8. The molecule has 2 bridgehead atoms. The summed E-state index contributed by atoms with van der Waals surface area (Å²) >= 11 is 0. The van der Waals surface area contributed by atoms with E-state index in [0.717, 1.165) is 24.2 Å². The molecule has 3 aliphatic heterocycles. The Balaban J connectivity index is 1.67. The first-order valence-corrected chi connectivity index (χ1v) is 10.8. The molecule has 0 aliphatic carbocycles. The van der Waals surface area contributed by atoms with Gasteiger partial charge in [-0.1, -0.05) is 0 Å². The Labute approximate surface area is 150 Å². The van der Waals surface area contributed by atoms with Crippen molar-refractivity contribution in [2.45, 2.75) is 52.6 Å². The number of amides is 1. The maximum absolute atomic E-state index is 12.8. The molecule has 4 rings (SSSR count). The molecule has 25 heavy (non-hydrogen) atoms. The number of sulfonamides is 1. The first-order chi connectivity index (χ1) is 11.7. The predicted molar refractivity (Wildman–Crippen MR) is 95.7 cm³/mol. The van der Waals surface area contributed by atoms with Crippen LogP contribution in [0.4, 0.5) is 0 Å². The molecule has 1 aromatic rings. The zero-order valence-electron chi connectivity index (χ0n) is 15.5. The molecule has 7 nitrogen and oxygen atoms in total. The minimum absolute atomic E-state index is 0.00293. The van der Waals surface area contributed by atoms with Gasteiger partial charge in [-0.3, -0.25) is 9.48 Å². The van der Waals surface area contributed by atoms with Gasteiger partial charge in [-0.2, -0.15) is 9.40 Å². The largest absolute Gasteiger partial charge is 0.338 e. The van der Waals surface area contributed by atoms with Gasteiger partial charge in [0.2, 0.25) is 15.9 Å². The summed E-state index contributed by atoms with van der Waals surface area (Å²) in [5, 5.41) is 4.50. The molecule has 0 radical (unpaired) electrons. The maximum Gasteiger partial charge on any atom is 0.224 e. The lowest BCUT2D eigenvalue weighted by molar-refractivity contribution is -0.135. The Morgan fingerprint density at radius 1 is 1.16 bits per heavy atom. The van der Waals surface area contributed by atoms with Crippen molar-refractivity contribution in [3.05, 3.63) is 17.0 Å². The molecule has 3 fully saturated rings. The van der Waals surface area contributed by atoms with Gasteiger partial charge in [-0.25, -0.2) is 8.42 Å². The fraction of sp³-hybridized carbons (Fsp3) is 0.765. The molecule has 2 atom stereocenters. The molecule has 4 heterocycles. The number of rotatable bonds is 4. The second-order valence-electron chi connectivity index (χ2n) is 7.49. The van der Waals surface area contributed by atoms with Crippen LogP contribution in [0.5, 0.6) is 0 Å². The van der Waals surface area contributed by atoms with Crippen LogP contribution in [-0.2, 0) is 21.4 Å². The summed E-state index contributed by atoms with van der Waals surface area (Å²) in [6, 6.07) is 0.00293. The number of piperidine rings is 1. The van der Waals surface area contributed by atoms with Crippen molar-refractivity contribution in [1.82, 2.24) is 19.0 Å². The van der Waals surface area contributed by atoms with Crippen LogP contribution in [0.15, 0.2) is 0 Å². The minimum Gasteiger partial charge on any atom is -0.338 e. The van der Waals surface area contributed by atoms with Crippen LogP contribution >= 0.6 is 0 Å². The summed E-state index contributed by atoms with van der Waals surface area (Å²) < 4.78 is 27.3. The van der Waals surface area contributed by atoms with E-state index >= 15 is 0 Å². The predicted octanol–water partition coefficient (Wildman–Crippen LogP) is 1.08. The van der Waals surface area contributed by atoms with Crippen molar-refractivity contribution in [1.29, 1.82) is 0 Å². The van der Waals surface area contributed by atoms with Crippen LogP contribution in [0.2, 0.25) is 0 Å². The molecule has 1 amide bonds. The number of carbonyl (C=O) groups excluding carboxylic acids is 1. The van der Waals surface area contributed by atoms with Crippen molar-refractivity contribution < 1.29 is 13.2 Å². The summed E-state index contributed by atoms with van der Waals surface area (Å²) in [7, 11) is -3.21. The molecule has 0 aromatic carbocycles. The smallest absolute Gasteiger partial charge is 0.224 e. The molecule has 0 unspecified atom stereocenters. The van der Waals surface area contributed by atoms with Crippen molar-refractivity contribution in [3.63, 3.8) is 0 Å². The first-order valence-electron chi connectivity index (χ1n) is 8.92. The van der Waals surface area contributed by atoms with Crippen molar-refractivity contribution >= 4 is 15.9 Å². The highest BCUT2D eigenvalue weighted by molar-refractivity contribution is 7.88. The van der Waals surface area contributed by atoms with E-state index in [1.807, 2.05) is 30.4 Å². The van der Waals surface area contributed by atoms with Crippen molar-refractivity contribution in [3.8, 4) is 0 Å². The normalized spacial score (nSPS) is 24.6. The highest BCUT2D eigenvalue weighted by Crippen LogP contribution is 2.29. The zero-order valence-corrected chi connectivity index (χ0v) is 16.3. The second-order valence-corrected chi connectivity index (χ2v) is 9.47. The van der Waals surface area contributed by atoms with Gasteiger partial charge in [0, 0.05) is 44.3 Å². The van der Waals surface area contributed by atoms with Gasteiger partial charge >= 0.3 is 0 Å². The monoisotopic (exact) mass is 368 g/mol. The van der Waals surface area contributed by atoms with Crippen LogP contribution in [-0.4, -0.2) is 65.2 Å². The highest BCUT2D eigenvalue weighted by Gasteiger charge is 2.39. The molecule has 0 spiro atoms. The quantitative estimate of drug-likeness (QED) is 0.797. The van der Waals surface area contributed by atoms with Gasteiger partial charge in [-0.15, -0.1) is 0 Å². The van der Waals surface area contributed by atoms with Crippen molar-refractivity contribution in [2.75, 3.05) is 25.9 Å². The van der Waals surface area contributed by atoms with E-state index < -0.39 is 10.0 Å². The average Bonchev–Trinajstić information content (AvgIpc) is 2.78. The second kappa shape index (κ2) is 6.72. The topological polar surface area (TPSA) is 75.5 Å². The molecular weight excluding hydrogens is 340 g/mol. The lowest BCUT2D eigenvalue weighted by atomic mass is 9.95. The first kappa shape index (κ1) is 18.4. The van der Waals surface area contributed by atoms with E-state index in [0.29, 0.717) is 32.6 Å². The van der Waals surface area contributed by atoms with E-state index in [1.54, 1.807) is 4.31 Å². The molecule has 3 aliphatic rings. The molecule has 0 saturated carbocycles. The standard InChI is InChI=1S/C17H28N4O3S/c1-12-13(2)18-21(14(12)3)8-7-17(22)20-10-15-5-6-16(20)11-19(9-15)25(4,23)24/h15-16H,5-11H2,1-4H3/t15-,16+/m1/s1. The van der Waals surface area contributed by atoms with Crippen LogP contribution in [0.25, 0.3) is 0 Å². The third kappa shape index (κ3) is 3.74. The van der Waals surface area contributed by atoms with Crippen LogP contribution in [0.1, 0.15) is 36.2 Å². The number of hydrogen-bond donors (Lipinski definition) is 0. The van der Waals surface area contributed by atoms with Crippen LogP contribution in [0, 0.1) is 26.7 Å². The molecule has 140 valence electrons. The Kier molecular flexibility index (Phi) is 4.94. The van der Waals surface area contributed by atoms with E-state index in [1.165, 1.54) is 11.8 Å². The number of hydrogen-bond acceptors (Lipinski definition) is 4. The van der Waals surface area contributed by atoms with Crippen molar-refractivity contribution in [2.24, 2.45) is 5.92 Å². The Bertz CT molecular complexity index is 771. The number of carbonyl (C=O) groups is 1. The fourth-order valence-electron chi connectivity index (χ4n) is 3.96. The summed E-state index contributed by atoms with van der Waals surface area (Å²) in [6.45, 7) is 8.26. The highest BCUT2D eigenvalue weighted by atomic mass is 32.2. The van der Waals surface area contributed by atoms with E-state index in [9.17, 15) is 13.2 Å².